The lowest BCUT2D eigenvalue weighted by atomic mass is 10.1. The Morgan fingerprint density at radius 3 is 2.76 bits per heavy atom. The van der Waals surface area contributed by atoms with Gasteiger partial charge in [0.25, 0.3) is 5.56 Å². The Balaban J connectivity index is 1.88. The minimum atomic E-state index is -0.415. The van der Waals surface area contributed by atoms with Gasteiger partial charge in [-0.1, -0.05) is 12.1 Å². The summed E-state index contributed by atoms with van der Waals surface area (Å²) in [4.78, 5) is 29.0. The van der Waals surface area contributed by atoms with E-state index in [0.29, 0.717) is 23.7 Å². The van der Waals surface area contributed by atoms with E-state index in [4.69, 9.17) is 4.74 Å². The largest absolute Gasteiger partial charge is 0.497 e. The molecule has 25 heavy (non-hydrogen) atoms. The number of nitrogens with zero attached hydrogens (tertiary/aromatic N) is 5. The molecule has 1 aliphatic rings. The summed E-state index contributed by atoms with van der Waals surface area (Å²) in [7, 11) is 4.65. The number of nitrogens with one attached hydrogen (secondary N) is 1. The fourth-order valence-electron chi connectivity index (χ4n) is 2.95. The first-order valence-corrected chi connectivity index (χ1v) is 7.64. The Kier molecular flexibility index (Phi) is 3.24. The van der Waals surface area contributed by atoms with E-state index < -0.39 is 5.69 Å². The van der Waals surface area contributed by atoms with Crippen molar-refractivity contribution in [3.63, 3.8) is 0 Å². The quantitative estimate of drug-likeness (QED) is 0.723. The summed E-state index contributed by atoms with van der Waals surface area (Å²) in [6.45, 7) is 0.361. The maximum absolute atomic E-state index is 12.6. The van der Waals surface area contributed by atoms with E-state index in [2.05, 4.69) is 15.5 Å². The highest BCUT2D eigenvalue weighted by Gasteiger charge is 2.23. The van der Waals surface area contributed by atoms with Crippen LogP contribution in [0.25, 0.3) is 11.2 Å². The van der Waals surface area contributed by atoms with Crippen LogP contribution in [0.15, 0.2) is 39.0 Å². The molecular formula is C16H16N6O3. The number of aromatic nitrogens is 4. The molecule has 0 bridgehead atoms. The van der Waals surface area contributed by atoms with Gasteiger partial charge in [-0.25, -0.2) is 10.2 Å². The van der Waals surface area contributed by atoms with E-state index in [9.17, 15) is 9.59 Å². The van der Waals surface area contributed by atoms with Crippen molar-refractivity contribution in [1.29, 1.82) is 0 Å². The zero-order valence-electron chi connectivity index (χ0n) is 14.0. The van der Waals surface area contributed by atoms with Gasteiger partial charge in [0.05, 0.1) is 19.4 Å². The van der Waals surface area contributed by atoms with Crippen LogP contribution >= 0.6 is 0 Å². The molecule has 0 spiro atoms. The number of hydrazone groups is 1. The summed E-state index contributed by atoms with van der Waals surface area (Å²) in [5.74, 6) is 1.15. The maximum atomic E-state index is 12.6. The SMILES string of the molecule is COc1cccc(C2=NNc3nc4c(c(=O)n(C)c(=O)n4C)n3C2)c1. The van der Waals surface area contributed by atoms with Crippen LogP contribution in [0.2, 0.25) is 0 Å². The molecule has 0 saturated heterocycles. The lowest BCUT2D eigenvalue weighted by molar-refractivity contribution is 0.414. The summed E-state index contributed by atoms with van der Waals surface area (Å²) in [6, 6.07) is 7.52. The third kappa shape index (κ3) is 2.16. The average molecular weight is 340 g/mol. The molecule has 128 valence electrons. The molecule has 4 rings (SSSR count). The van der Waals surface area contributed by atoms with Crippen molar-refractivity contribution < 1.29 is 4.74 Å². The normalized spacial score (nSPS) is 13.3. The van der Waals surface area contributed by atoms with Crippen molar-refractivity contribution in [3.05, 3.63) is 50.7 Å². The first-order valence-electron chi connectivity index (χ1n) is 7.64. The second-order valence-electron chi connectivity index (χ2n) is 5.80. The van der Waals surface area contributed by atoms with Crippen LogP contribution in [0, 0.1) is 0 Å². The zero-order chi connectivity index (χ0) is 17.7. The Morgan fingerprint density at radius 1 is 1.20 bits per heavy atom. The highest BCUT2D eigenvalue weighted by atomic mass is 16.5. The summed E-state index contributed by atoms with van der Waals surface area (Å²) in [5.41, 5.74) is 4.38. The monoisotopic (exact) mass is 340 g/mol. The van der Waals surface area contributed by atoms with Gasteiger partial charge in [0.2, 0.25) is 5.95 Å². The van der Waals surface area contributed by atoms with E-state index in [1.54, 1.807) is 18.7 Å². The molecule has 0 aliphatic carbocycles. The van der Waals surface area contributed by atoms with Gasteiger partial charge in [-0.3, -0.25) is 18.5 Å². The van der Waals surface area contributed by atoms with Crippen molar-refractivity contribution >= 4 is 22.8 Å². The van der Waals surface area contributed by atoms with Gasteiger partial charge in [-0.05, 0) is 12.1 Å². The Morgan fingerprint density at radius 2 is 2.00 bits per heavy atom. The van der Waals surface area contributed by atoms with Crippen LogP contribution in [-0.4, -0.2) is 31.5 Å². The van der Waals surface area contributed by atoms with Crippen LogP contribution in [0.3, 0.4) is 0 Å². The predicted molar refractivity (Wildman–Crippen MR) is 93.4 cm³/mol. The van der Waals surface area contributed by atoms with Gasteiger partial charge in [0, 0.05) is 19.7 Å². The highest BCUT2D eigenvalue weighted by molar-refractivity contribution is 6.02. The molecule has 0 amide bonds. The van der Waals surface area contributed by atoms with Crippen molar-refractivity contribution in [1.82, 2.24) is 18.7 Å². The van der Waals surface area contributed by atoms with Gasteiger partial charge in [0.15, 0.2) is 11.2 Å². The molecule has 0 atom stereocenters. The minimum Gasteiger partial charge on any atom is -0.497 e. The zero-order valence-corrected chi connectivity index (χ0v) is 14.0. The minimum absolute atomic E-state index is 0.331. The topological polar surface area (TPSA) is 95.4 Å². The number of rotatable bonds is 2. The number of ether oxygens (including phenoxy) is 1. The summed E-state index contributed by atoms with van der Waals surface area (Å²) >= 11 is 0. The molecule has 9 nitrogen and oxygen atoms in total. The molecule has 0 fully saturated rings. The standard InChI is InChI=1S/C16H16N6O3/c1-20-13-12(14(23)21(2)16(20)24)22-8-11(18-19-15(22)17-13)9-5-4-6-10(7-9)25-3/h4-7H,8H2,1-3H3,(H,17,19). The van der Waals surface area contributed by atoms with Crippen LogP contribution in [0.4, 0.5) is 5.95 Å². The van der Waals surface area contributed by atoms with E-state index >= 15 is 0 Å². The van der Waals surface area contributed by atoms with Gasteiger partial charge in [0.1, 0.15) is 5.75 Å². The van der Waals surface area contributed by atoms with Crippen LogP contribution in [-0.2, 0) is 20.6 Å². The molecular weight excluding hydrogens is 324 g/mol. The smallest absolute Gasteiger partial charge is 0.332 e. The molecule has 2 aromatic heterocycles. The molecule has 9 heteroatoms. The second kappa shape index (κ2) is 5.33. The summed E-state index contributed by atoms with van der Waals surface area (Å²) in [6.07, 6.45) is 0. The summed E-state index contributed by atoms with van der Waals surface area (Å²) in [5, 5.41) is 4.35. The number of hydrogen-bond donors (Lipinski definition) is 1. The number of methoxy groups -OCH3 is 1. The number of aryl methyl sites for hydroxylation is 1. The Bertz CT molecular complexity index is 1150. The van der Waals surface area contributed by atoms with Gasteiger partial charge < -0.3 is 4.74 Å². The lowest BCUT2D eigenvalue weighted by Gasteiger charge is -2.16. The predicted octanol–water partition coefficient (Wildman–Crippen LogP) is 0.272. The number of fused-ring (bicyclic) bond motifs is 3. The molecule has 3 heterocycles. The van der Waals surface area contributed by atoms with E-state index in [0.717, 1.165) is 21.6 Å². The van der Waals surface area contributed by atoms with Crippen LogP contribution < -0.4 is 21.4 Å². The Hall–Kier alpha value is -3.36. The number of benzene rings is 1. The van der Waals surface area contributed by atoms with E-state index in [1.165, 1.54) is 11.6 Å². The van der Waals surface area contributed by atoms with Crippen LogP contribution in [0.1, 0.15) is 5.56 Å². The molecule has 1 aliphatic heterocycles. The van der Waals surface area contributed by atoms with Gasteiger partial charge in [-0.15, -0.1) is 0 Å². The lowest BCUT2D eigenvalue weighted by Crippen LogP contribution is -2.38. The highest BCUT2D eigenvalue weighted by Crippen LogP contribution is 2.22. The second-order valence-corrected chi connectivity index (χ2v) is 5.80. The van der Waals surface area contributed by atoms with Crippen LogP contribution in [0.5, 0.6) is 5.75 Å². The number of anilines is 1. The van der Waals surface area contributed by atoms with E-state index in [-0.39, 0.29) is 5.56 Å². The fourth-order valence-corrected chi connectivity index (χ4v) is 2.95. The van der Waals surface area contributed by atoms with E-state index in [1.807, 2.05) is 24.3 Å². The molecule has 0 radical (unpaired) electrons. The van der Waals surface area contributed by atoms with Crippen molar-refractivity contribution in [2.75, 3.05) is 12.5 Å². The maximum Gasteiger partial charge on any atom is 0.332 e. The van der Waals surface area contributed by atoms with Gasteiger partial charge >= 0.3 is 5.69 Å². The van der Waals surface area contributed by atoms with Crippen molar-refractivity contribution in [2.24, 2.45) is 19.2 Å². The molecule has 0 saturated carbocycles. The number of hydrogen-bond acceptors (Lipinski definition) is 6. The third-order valence-electron chi connectivity index (χ3n) is 4.35. The van der Waals surface area contributed by atoms with Crippen molar-refractivity contribution in [2.45, 2.75) is 6.54 Å². The summed E-state index contributed by atoms with van der Waals surface area (Å²) < 4.78 is 9.42. The Labute approximate surface area is 141 Å². The molecule has 1 N–H and O–H groups in total. The fraction of sp³-hybridized carbons (Fsp3) is 0.250. The number of imidazole rings is 1. The first kappa shape index (κ1) is 15.2. The molecule has 0 unspecified atom stereocenters. The first-order chi connectivity index (χ1) is 12.0. The molecule has 1 aromatic carbocycles. The third-order valence-corrected chi connectivity index (χ3v) is 4.35. The van der Waals surface area contributed by atoms with Crippen molar-refractivity contribution in [3.8, 4) is 5.75 Å². The molecule has 3 aromatic rings. The van der Waals surface area contributed by atoms with Gasteiger partial charge in [-0.2, -0.15) is 10.1 Å². The average Bonchev–Trinajstić information content (AvgIpc) is 3.03.